The summed E-state index contributed by atoms with van der Waals surface area (Å²) in [5.74, 6) is 1.58. The first kappa shape index (κ1) is 16.1. The van der Waals surface area contributed by atoms with E-state index in [1.807, 2.05) is 12.1 Å². The van der Waals surface area contributed by atoms with Crippen molar-refractivity contribution >= 4 is 0 Å². The molecule has 0 aromatic heterocycles. The van der Waals surface area contributed by atoms with E-state index < -0.39 is 0 Å². The molecule has 0 saturated carbocycles. The van der Waals surface area contributed by atoms with E-state index in [-0.39, 0.29) is 0 Å². The lowest BCUT2D eigenvalue weighted by Crippen LogP contribution is -2.20. The maximum absolute atomic E-state index is 5.62. The first-order chi connectivity index (χ1) is 10.3. The Morgan fingerprint density at radius 2 is 2.05 bits per heavy atom. The van der Waals surface area contributed by atoms with Crippen molar-refractivity contribution in [3.8, 4) is 11.5 Å². The summed E-state index contributed by atoms with van der Waals surface area (Å²) in [5, 5.41) is 3.50. The van der Waals surface area contributed by atoms with Gasteiger partial charge in [0.2, 0.25) is 0 Å². The molecule has 1 heterocycles. The third-order valence-corrected chi connectivity index (χ3v) is 3.94. The van der Waals surface area contributed by atoms with Gasteiger partial charge in [-0.1, -0.05) is 6.07 Å². The average Bonchev–Trinajstić information content (AvgIpc) is 3.03. The highest BCUT2D eigenvalue weighted by atomic mass is 16.5. The van der Waals surface area contributed by atoms with Crippen LogP contribution < -0.4 is 14.8 Å². The Balaban J connectivity index is 1.61. The number of nitrogens with one attached hydrogen (secondary N) is 1. The number of hydrogen-bond donors (Lipinski definition) is 1. The van der Waals surface area contributed by atoms with Gasteiger partial charge in [0, 0.05) is 6.61 Å². The molecule has 0 aliphatic carbocycles. The van der Waals surface area contributed by atoms with Crippen molar-refractivity contribution in [2.24, 2.45) is 0 Å². The third kappa shape index (κ3) is 5.21. The Morgan fingerprint density at radius 3 is 2.76 bits per heavy atom. The van der Waals surface area contributed by atoms with Crippen LogP contribution in [0.3, 0.4) is 0 Å². The number of benzene rings is 1. The van der Waals surface area contributed by atoms with Crippen LogP contribution >= 0.6 is 0 Å². The standard InChI is InChI=1S/C17H27NO3/c1-19-16-8-7-14(13-17(16)20-2)9-11-18-10-3-5-15-6-4-12-21-15/h7-8,13,15,18H,3-6,9-12H2,1-2H3. The highest BCUT2D eigenvalue weighted by Gasteiger charge is 2.14. The quantitative estimate of drug-likeness (QED) is 0.711. The first-order valence-corrected chi connectivity index (χ1v) is 7.86. The smallest absolute Gasteiger partial charge is 0.160 e. The van der Waals surface area contributed by atoms with Crippen LogP contribution in [0.25, 0.3) is 0 Å². The zero-order chi connectivity index (χ0) is 14.9. The van der Waals surface area contributed by atoms with Gasteiger partial charge in [-0.05, 0) is 62.9 Å². The molecule has 0 bridgehead atoms. The maximum Gasteiger partial charge on any atom is 0.160 e. The lowest BCUT2D eigenvalue weighted by molar-refractivity contribution is 0.102. The van der Waals surface area contributed by atoms with Gasteiger partial charge in [-0.3, -0.25) is 0 Å². The number of ether oxygens (including phenoxy) is 3. The Labute approximate surface area is 127 Å². The van der Waals surface area contributed by atoms with Crippen LogP contribution in [-0.4, -0.2) is 40.0 Å². The molecule has 4 nitrogen and oxygen atoms in total. The van der Waals surface area contributed by atoms with Gasteiger partial charge in [-0.25, -0.2) is 0 Å². The van der Waals surface area contributed by atoms with Crippen LogP contribution in [0.15, 0.2) is 18.2 Å². The summed E-state index contributed by atoms with van der Waals surface area (Å²) >= 11 is 0. The molecule has 1 fully saturated rings. The van der Waals surface area contributed by atoms with Crippen LogP contribution in [-0.2, 0) is 11.2 Å². The minimum atomic E-state index is 0.512. The van der Waals surface area contributed by atoms with Crippen LogP contribution in [0.2, 0.25) is 0 Å². The van der Waals surface area contributed by atoms with E-state index in [0.29, 0.717) is 6.10 Å². The molecule has 2 rings (SSSR count). The van der Waals surface area contributed by atoms with E-state index in [1.165, 1.54) is 31.2 Å². The molecule has 0 radical (unpaired) electrons. The molecule has 118 valence electrons. The van der Waals surface area contributed by atoms with E-state index in [0.717, 1.165) is 37.6 Å². The number of rotatable bonds is 9. The first-order valence-electron chi connectivity index (χ1n) is 7.86. The predicted molar refractivity (Wildman–Crippen MR) is 84.3 cm³/mol. The Hall–Kier alpha value is -1.26. The van der Waals surface area contributed by atoms with Gasteiger partial charge >= 0.3 is 0 Å². The summed E-state index contributed by atoms with van der Waals surface area (Å²) in [7, 11) is 3.33. The molecule has 0 spiro atoms. The fraction of sp³-hybridized carbons (Fsp3) is 0.647. The van der Waals surface area contributed by atoms with Crippen molar-refractivity contribution in [1.29, 1.82) is 0 Å². The fourth-order valence-corrected chi connectivity index (χ4v) is 2.72. The number of methoxy groups -OCH3 is 2. The van der Waals surface area contributed by atoms with Crippen molar-refractivity contribution in [3.63, 3.8) is 0 Å². The van der Waals surface area contributed by atoms with Gasteiger partial charge in [-0.2, -0.15) is 0 Å². The van der Waals surface area contributed by atoms with Crippen molar-refractivity contribution < 1.29 is 14.2 Å². The SMILES string of the molecule is COc1ccc(CCNCCCC2CCCO2)cc1OC. The van der Waals surface area contributed by atoms with Gasteiger partial charge in [0.1, 0.15) is 0 Å². The molecule has 4 heteroatoms. The summed E-state index contributed by atoms with van der Waals surface area (Å²) in [6, 6.07) is 6.11. The zero-order valence-electron chi connectivity index (χ0n) is 13.2. The Morgan fingerprint density at radius 1 is 1.19 bits per heavy atom. The molecule has 1 unspecified atom stereocenters. The second-order valence-electron chi connectivity index (χ2n) is 5.47. The molecular weight excluding hydrogens is 266 g/mol. The molecule has 1 N–H and O–H groups in total. The van der Waals surface area contributed by atoms with Crippen LogP contribution in [0.4, 0.5) is 0 Å². The minimum absolute atomic E-state index is 0.512. The molecule has 1 saturated heterocycles. The third-order valence-electron chi connectivity index (χ3n) is 3.94. The summed E-state index contributed by atoms with van der Waals surface area (Å²) in [6.45, 7) is 3.01. The van der Waals surface area contributed by atoms with E-state index >= 15 is 0 Å². The van der Waals surface area contributed by atoms with E-state index in [2.05, 4.69) is 11.4 Å². The summed E-state index contributed by atoms with van der Waals surface area (Å²) in [5.41, 5.74) is 1.26. The van der Waals surface area contributed by atoms with E-state index in [4.69, 9.17) is 14.2 Å². The maximum atomic E-state index is 5.62. The summed E-state index contributed by atoms with van der Waals surface area (Å²) < 4.78 is 16.2. The van der Waals surface area contributed by atoms with Crippen molar-refractivity contribution in [1.82, 2.24) is 5.32 Å². The highest BCUT2D eigenvalue weighted by Crippen LogP contribution is 2.27. The predicted octanol–water partition coefficient (Wildman–Crippen LogP) is 2.80. The largest absolute Gasteiger partial charge is 0.493 e. The van der Waals surface area contributed by atoms with E-state index in [1.54, 1.807) is 14.2 Å². The topological polar surface area (TPSA) is 39.7 Å². The molecule has 0 amide bonds. The lowest BCUT2D eigenvalue weighted by atomic mass is 10.1. The Bertz CT molecular complexity index is 416. The highest BCUT2D eigenvalue weighted by molar-refractivity contribution is 5.42. The van der Waals surface area contributed by atoms with Crippen LogP contribution in [0.5, 0.6) is 11.5 Å². The van der Waals surface area contributed by atoms with Crippen molar-refractivity contribution in [2.45, 2.75) is 38.2 Å². The summed E-state index contributed by atoms with van der Waals surface area (Å²) in [6.07, 6.45) is 6.36. The lowest BCUT2D eigenvalue weighted by Gasteiger charge is -2.11. The normalized spacial score (nSPS) is 17.9. The Kier molecular flexibility index (Phi) is 6.83. The molecule has 1 aromatic rings. The molecule has 1 aliphatic rings. The second kappa shape index (κ2) is 8.90. The fourth-order valence-electron chi connectivity index (χ4n) is 2.72. The van der Waals surface area contributed by atoms with Gasteiger partial charge < -0.3 is 19.5 Å². The van der Waals surface area contributed by atoms with Gasteiger partial charge in [0.15, 0.2) is 11.5 Å². The molecule has 1 aliphatic heterocycles. The molecular formula is C17H27NO3. The van der Waals surface area contributed by atoms with Crippen molar-refractivity contribution in [2.75, 3.05) is 33.9 Å². The van der Waals surface area contributed by atoms with Crippen molar-refractivity contribution in [3.05, 3.63) is 23.8 Å². The molecule has 21 heavy (non-hydrogen) atoms. The molecule has 1 aromatic carbocycles. The van der Waals surface area contributed by atoms with E-state index in [9.17, 15) is 0 Å². The van der Waals surface area contributed by atoms with Gasteiger partial charge in [-0.15, -0.1) is 0 Å². The molecule has 1 atom stereocenters. The average molecular weight is 293 g/mol. The number of hydrogen-bond acceptors (Lipinski definition) is 4. The zero-order valence-corrected chi connectivity index (χ0v) is 13.2. The van der Waals surface area contributed by atoms with Crippen LogP contribution in [0, 0.1) is 0 Å². The monoisotopic (exact) mass is 293 g/mol. The van der Waals surface area contributed by atoms with Gasteiger partial charge in [0.05, 0.1) is 20.3 Å². The van der Waals surface area contributed by atoms with Gasteiger partial charge in [0.25, 0.3) is 0 Å². The van der Waals surface area contributed by atoms with Crippen LogP contribution in [0.1, 0.15) is 31.2 Å². The minimum Gasteiger partial charge on any atom is -0.493 e. The summed E-state index contributed by atoms with van der Waals surface area (Å²) in [4.78, 5) is 0. The second-order valence-corrected chi connectivity index (χ2v) is 5.47.